The van der Waals surface area contributed by atoms with Gasteiger partial charge < -0.3 is 0 Å². The van der Waals surface area contributed by atoms with Gasteiger partial charge in [-0.1, -0.05) is 0 Å². The quantitative estimate of drug-likeness (QED) is 0.495. The molecule has 0 spiro atoms. The van der Waals surface area contributed by atoms with E-state index in [2.05, 4.69) is 97.1 Å². The molecule has 0 nitrogen and oxygen atoms in total. The van der Waals surface area contributed by atoms with E-state index in [4.69, 9.17) is 0 Å². The van der Waals surface area contributed by atoms with Gasteiger partial charge in [0.15, 0.2) is 0 Å². The van der Waals surface area contributed by atoms with E-state index in [1.807, 2.05) is 0 Å². The summed E-state index contributed by atoms with van der Waals surface area (Å²) in [5.74, 6) is 0. The summed E-state index contributed by atoms with van der Waals surface area (Å²) in [6, 6.07) is 31.9. The van der Waals surface area contributed by atoms with Crippen molar-refractivity contribution in [1.29, 1.82) is 0 Å². The van der Waals surface area contributed by atoms with Crippen molar-refractivity contribution < 1.29 is 0 Å². The zero-order valence-corrected chi connectivity index (χ0v) is 13.4. The van der Waals surface area contributed by atoms with E-state index in [1.54, 1.807) is 0 Å². The van der Waals surface area contributed by atoms with Crippen molar-refractivity contribution in [2.24, 2.45) is 0 Å². The molecule has 0 unspecified atom stereocenters. The summed E-state index contributed by atoms with van der Waals surface area (Å²) >= 11 is 0.304. The van der Waals surface area contributed by atoms with Crippen LogP contribution in [0.1, 0.15) is 11.1 Å². The summed E-state index contributed by atoms with van der Waals surface area (Å²) in [5, 5.41) is 0. The average Bonchev–Trinajstić information content (AvgIpc) is 2.57. The summed E-state index contributed by atoms with van der Waals surface area (Å²) in [6.07, 6.45) is 2.31. The van der Waals surface area contributed by atoms with Crippen LogP contribution in [-0.2, 0) is 0 Å². The van der Waals surface area contributed by atoms with Crippen LogP contribution in [0, 0.1) is 0 Å². The zero-order chi connectivity index (χ0) is 14.3. The Labute approximate surface area is 132 Å². The predicted molar refractivity (Wildman–Crippen MR) is 92.6 cm³/mol. The van der Waals surface area contributed by atoms with E-state index in [9.17, 15) is 0 Å². The first-order valence-corrected chi connectivity index (χ1v) is 8.68. The van der Waals surface area contributed by atoms with Crippen molar-refractivity contribution in [3.63, 3.8) is 0 Å². The summed E-state index contributed by atoms with van der Waals surface area (Å²) in [6.45, 7) is 0. The Kier molecular flexibility index (Phi) is 4.68. The van der Waals surface area contributed by atoms with Gasteiger partial charge in [-0.3, -0.25) is 0 Å². The van der Waals surface area contributed by atoms with Crippen molar-refractivity contribution in [3.8, 4) is 0 Å². The molecule has 0 bridgehead atoms. The molecule has 0 aliphatic rings. The average molecular weight is 335 g/mol. The van der Waals surface area contributed by atoms with E-state index in [1.165, 1.54) is 20.1 Å². The zero-order valence-electron chi connectivity index (χ0n) is 11.6. The molecule has 0 N–H and O–H groups in total. The van der Waals surface area contributed by atoms with Gasteiger partial charge in [0.1, 0.15) is 0 Å². The maximum absolute atomic E-state index is 2.31. The van der Waals surface area contributed by atoms with Gasteiger partial charge in [-0.25, -0.2) is 0 Å². The topological polar surface area (TPSA) is 0 Å². The molecule has 3 aromatic carbocycles. The van der Waals surface area contributed by atoms with Crippen LogP contribution >= 0.6 is 0 Å². The molecule has 1 heteroatoms. The molecule has 21 heavy (non-hydrogen) atoms. The van der Waals surface area contributed by atoms with E-state index < -0.39 is 0 Å². The van der Waals surface area contributed by atoms with Gasteiger partial charge in [0, 0.05) is 0 Å². The first-order valence-electron chi connectivity index (χ1n) is 6.97. The fourth-order valence-electron chi connectivity index (χ4n) is 2.09. The Morgan fingerprint density at radius 3 is 1.76 bits per heavy atom. The minimum absolute atomic E-state index is 0.304. The van der Waals surface area contributed by atoms with Gasteiger partial charge in [-0.05, 0) is 0 Å². The summed E-state index contributed by atoms with van der Waals surface area (Å²) in [7, 11) is 0. The van der Waals surface area contributed by atoms with Crippen molar-refractivity contribution in [3.05, 3.63) is 102 Å². The molecular formula is C20H16Se. The third-order valence-electron chi connectivity index (χ3n) is 3.13. The van der Waals surface area contributed by atoms with Crippen LogP contribution < -0.4 is 4.46 Å². The molecule has 0 amide bonds. The molecular weight excluding hydrogens is 319 g/mol. The van der Waals surface area contributed by atoms with Crippen LogP contribution in [-0.4, -0.2) is 15.0 Å². The molecule has 0 fully saturated rings. The minimum atomic E-state index is 0.304. The van der Waals surface area contributed by atoms with Crippen molar-refractivity contribution in [1.82, 2.24) is 0 Å². The molecule has 102 valence electrons. The Balaban J connectivity index is 1.97. The molecule has 3 aromatic rings. The van der Waals surface area contributed by atoms with E-state index in [-0.39, 0.29) is 0 Å². The van der Waals surface area contributed by atoms with E-state index in [0.717, 1.165) is 0 Å². The number of hydrogen-bond donors (Lipinski definition) is 0. The second kappa shape index (κ2) is 7.08. The van der Waals surface area contributed by atoms with Gasteiger partial charge in [0.05, 0.1) is 0 Å². The summed E-state index contributed by atoms with van der Waals surface area (Å²) in [4.78, 5) is 0. The SMILES string of the molecule is C(=C(/[Se]c1ccccc1)c1ccccc1)/c1ccccc1. The Morgan fingerprint density at radius 2 is 1.14 bits per heavy atom. The normalized spacial score (nSPS) is 11.3. The molecule has 0 saturated heterocycles. The molecule has 0 aromatic heterocycles. The van der Waals surface area contributed by atoms with Crippen molar-refractivity contribution in [2.45, 2.75) is 0 Å². The van der Waals surface area contributed by atoms with Crippen LogP contribution in [0.2, 0.25) is 0 Å². The van der Waals surface area contributed by atoms with Crippen LogP contribution in [0.25, 0.3) is 10.5 Å². The fourth-order valence-corrected chi connectivity index (χ4v) is 4.18. The fraction of sp³-hybridized carbons (Fsp3) is 0. The molecule has 0 aliphatic heterocycles. The van der Waals surface area contributed by atoms with Crippen molar-refractivity contribution in [2.75, 3.05) is 0 Å². The van der Waals surface area contributed by atoms with Crippen LogP contribution in [0.4, 0.5) is 0 Å². The second-order valence-corrected chi connectivity index (χ2v) is 7.04. The molecule has 0 atom stereocenters. The standard InChI is InChI=1S/C20H16Se/c1-4-10-17(11-5-1)16-20(18-12-6-2-7-13-18)21-19-14-8-3-9-15-19/h1-16H/b20-16-. The van der Waals surface area contributed by atoms with Crippen LogP contribution in [0.5, 0.6) is 0 Å². The van der Waals surface area contributed by atoms with Gasteiger partial charge in [0.25, 0.3) is 0 Å². The Hall–Kier alpha value is -2.08. The van der Waals surface area contributed by atoms with Gasteiger partial charge in [-0.15, -0.1) is 0 Å². The van der Waals surface area contributed by atoms with Crippen molar-refractivity contribution >= 4 is 30.0 Å². The Morgan fingerprint density at radius 1 is 0.619 bits per heavy atom. The third kappa shape index (κ3) is 3.95. The predicted octanol–water partition coefficient (Wildman–Crippen LogP) is 4.21. The van der Waals surface area contributed by atoms with E-state index >= 15 is 0 Å². The first kappa shape index (κ1) is 13.9. The molecule has 3 rings (SSSR count). The first-order chi connectivity index (χ1) is 10.4. The van der Waals surface area contributed by atoms with Crippen LogP contribution in [0.3, 0.4) is 0 Å². The number of benzene rings is 3. The Bertz CT molecular complexity index is 701. The number of rotatable bonds is 4. The molecule has 0 heterocycles. The van der Waals surface area contributed by atoms with E-state index in [0.29, 0.717) is 15.0 Å². The second-order valence-electron chi connectivity index (χ2n) is 4.70. The summed E-state index contributed by atoms with van der Waals surface area (Å²) < 4.78 is 2.80. The molecule has 0 radical (unpaired) electrons. The van der Waals surface area contributed by atoms with Gasteiger partial charge in [0.2, 0.25) is 0 Å². The third-order valence-corrected chi connectivity index (χ3v) is 5.40. The summed E-state index contributed by atoms with van der Waals surface area (Å²) in [5.41, 5.74) is 2.57. The van der Waals surface area contributed by atoms with Crippen LogP contribution in [0.15, 0.2) is 91.0 Å². The van der Waals surface area contributed by atoms with Gasteiger partial charge in [-0.2, -0.15) is 0 Å². The monoisotopic (exact) mass is 336 g/mol. The maximum atomic E-state index is 2.31. The molecule has 0 aliphatic carbocycles. The van der Waals surface area contributed by atoms with Gasteiger partial charge >= 0.3 is 132 Å². The molecule has 0 saturated carbocycles. The number of hydrogen-bond acceptors (Lipinski definition) is 0.